The third-order valence-electron chi connectivity index (χ3n) is 6.36. The number of nitrogens with one attached hydrogen (secondary N) is 1. The lowest BCUT2D eigenvalue weighted by Crippen LogP contribution is -2.51. The number of rotatable bonds is 10. The number of nitrogens with zero attached hydrogens (tertiary/aromatic N) is 1. The summed E-state index contributed by atoms with van der Waals surface area (Å²) >= 11 is 3.52. The van der Waals surface area contributed by atoms with Gasteiger partial charge in [-0.2, -0.15) is 0 Å². The zero-order chi connectivity index (χ0) is 24.5. The Kier molecular flexibility index (Phi) is 9.81. The smallest absolute Gasteiger partial charge is 0.261 e. The molecule has 1 aliphatic rings. The third kappa shape index (κ3) is 7.23. The number of aryl methyl sites for hydroxylation is 1. The van der Waals surface area contributed by atoms with Gasteiger partial charge in [-0.15, -0.1) is 0 Å². The van der Waals surface area contributed by atoms with Crippen LogP contribution < -0.4 is 14.8 Å². The van der Waals surface area contributed by atoms with Gasteiger partial charge >= 0.3 is 0 Å². The summed E-state index contributed by atoms with van der Waals surface area (Å²) < 4.78 is 12.0. The SMILES string of the molecule is CCc1ccc(OCC(=O)N(Cc2cccc(OC)c2)[C@H](C)C(=O)NC2CCCCC2)c(Br)c1. The van der Waals surface area contributed by atoms with E-state index >= 15 is 0 Å². The van der Waals surface area contributed by atoms with Gasteiger partial charge in [-0.25, -0.2) is 0 Å². The molecular weight excluding hydrogens is 496 g/mol. The van der Waals surface area contributed by atoms with Crippen LogP contribution in [0, 0.1) is 0 Å². The minimum atomic E-state index is -0.630. The standard InChI is InChI=1S/C27H35BrN2O4/c1-4-20-13-14-25(24(28)16-20)34-18-26(31)30(17-21-9-8-12-23(15-21)33-3)19(2)27(32)29-22-10-6-5-7-11-22/h8-9,12-16,19,22H,4-7,10-11,17-18H2,1-3H3,(H,29,32)/t19-/m1/s1. The Morgan fingerprint density at radius 2 is 1.88 bits per heavy atom. The predicted octanol–water partition coefficient (Wildman–Crippen LogP) is 5.27. The van der Waals surface area contributed by atoms with Crippen molar-refractivity contribution in [2.45, 2.75) is 71.0 Å². The summed E-state index contributed by atoms with van der Waals surface area (Å²) in [4.78, 5) is 28.0. The summed E-state index contributed by atoms with van der Waals surface area (Å²) in [5, 5.41) is 3.15. The van der Waals surface area contributed by atoms with E-state index < -0.39 is 6.04 Å². The Bertz CT molecular complexity index is 975. The van der Waals surface area contributed by atoms with Crippen LogP contribution in [0.15, 0.2) is 46.9 Å². The number of hydrogen-bond acceptors (Lipinski definition) is 4. The van der Waals surface area contributed by atoms with Crippen LogP contribution in [-0.4, -0.2) is 42.5 Å². The molecule has 2 aromatic carbocycles. The first-order valence-corrected chi connectivity index (χ1v) is 12.8. The Hall–Kier alpha value is -2.54. The van der Waals surface area contributed by atoms with Crippen LogP contribution in [0.1, 0.15) is 57.1 Å². The molecule has 1 saturated carbocycles. The lowest BCUT2D eigenvalue weighted by Gasteiger charge is -2.31. The summed E-state index contributed by atoms with van der Waals surface area (Å²) in [6, 6.07) is 12.9. The fourth-order valence-corrected chi connectivity index (χ4v) is 4.76. The molecule has 2 amide bonds. The lowest BCUT2D eigenvalue weighted by atomic mass is 9.95. The van der Waals surface area contributed by atoms with E-state index in [0.29, 0.717) is 11.5 Å². The Morgan fingerprint density at radius 1 is 1.12 bits per heavy atom. The normalized spacial score (nSPS) is 14.8. The van der Waals surface area contributed by atoms with E-state index in [1.165, 1.54) is 12.0 Å². The second-order valence-electron chi connectivity index (χ2n) is 8.80. The average molecular weight is 531 g/mol. The highest BCUT2D eigenvalue weighted by molar-refractivity contribution is 9.10. The number of amides is 2. The largest absolute Gasteiger partial charge is 0.497 e. The van der Waals surface area contributed by atoms with Gasteiger partial charge in [-0.1, -0.05) is 44.4 Å². The maximum absolute atomic E-state index is 13.3. The molecule has 2 aromatic rings. The number of carbonyl (C=O) groups is 2. The van der Waals surface area contributed by atoms with E-state index in [2.05, 4.69) is 28.2 Å². The van der Waals surface area contributed by atoms with Crippen molar-refractivity contribution in [2.75, 3.05) is 13.7 Å². The third-order valence-corrected chi connectivity index (χ3v) is 6.98. The summed E-state index contributed by atoms with van der Waals surface area (Å²) in [5.74, 6) is 0.934. The quantitative estimate of drug-likeness (QED) is 0.454. The average Bonchev–Trinajstić information content (AvgIpc) is 2.86. The number of methoxy groups -OCH3 is 1. The monoisotopic (exact) mass is 530 g/mol. The number of hydrogen-bond donors (Lipinski definition) is 1. The van der Waals surface area contributed by atoms with Crippen LogP contribution in [-0.2, 0) is 22.6 Å². The van der Waals surface area contributed by atoms with Crippen molar-refractivity contribution in [2.24, 2.45) is 0 Å². The maximum atomic E-state index is 13.3. The van der Waals surface area contributed by atoms with E-state index in [1.54, 1.807) is 18.9 Å². The molecule has 0 bridgehead atoms. The van der Waals surface area contributed by atoms with E-state index in [9.17, 15) is 9.59 Å². The molecule has 1 N–H and O–H groups in total. The zero-order valence-electron chi connectivity index (χ0n) is 20.3. The molecular formula is C27H35BrN2O4. The van der Waals surface area contributed by atoms with Gasteiger partial charge in [-0.3, -0.25) is 9.59 Å². The van der Waals surface area contributed by atoms with Crippen LogP contribution in [0.5, 0.6) is 11.5 Å². The summed E-state index contributed by atoms with van der Waals surface area (Å²) in [5.41, 5.74) is 2.07. The van der Waals surface area contributed by atoms with Crippen molar-refractivity contribution < 1.29 is 19.1 Å². The molecule has 0 heterocycles. The highest BCUT2D eigenvalue weighted by atomic mass is 79.9. The van der Waals surface area contributed by atoms with Crippen LogP contribution in [0.2, 0.25) is 0 Å². The zero-order valence-corrected chi connectivity index (χ0v) is 21.9. The van der Waals surface area contributed by atoms with Crippen molar-refractivity contribution in [1.29, 1.82) is 0 Å². The minimum absolute atomic E-state index is 0.128. The van der Waals surface area contributed by atoms with Gasteiger partial charge in [0, 0.05) is 12.6 Å². The first-order chi connectivity index (χ1) is 16.4. The van der Waals surface area contributed by atoms with Gasteiger partial charge in [0.05, 0.1) is 11.6 Å². The molecule has 1 atom stereocenters. The number of benzene rings is 2. The van der Waals surface area contributed by atoms with Crippen molar-refractivity contribution in [3.63, 3.8) is 0 Å². The Labute approximate surface area is 211 Å². The second kappa shape index (κ2) is 12.8. The Balaban J connectivity index is 1.73. The van der Waals surface area contributed by atoms with Gasteiger partial charge in [0.15, 0.2) is 6.61 Å². The maximum Gasteiger partial charge on any atom is 0.261 e. The van der Waals surface area contributed by atoms with Crippen LogP contribution in [0.3, 0.4) is 0 Å². The first-order valence-electron chi connectivity index (χ1n) is 12.0. The molecule has 6 nitrogen and oxygen atoms in total. The predicted molar refractivity (Wildman–Crippen MR) is 137 cm³/mol. The topological polar surface area (TPSA) is 67.9 Å². The summed E-state index contributed by atoms with van der Waals surface area (Å²) in [6.07, 6.45) is 6.38. The van der Waals surface area contributed by atoms with Gasteiger partial charge in [0.25, 0.3) is 5.91 Å². The van der Waals surface area contributed by atoms with Gasteiger partial charge in [0.1, 0.15) is 17.5 Å². The minimum Gasteiger partial charge on any atom is -0.497 e. The highest BCUT2D eigenvalue weighted by Crippen LogP contribution is 2.26. The fourth-order valence-electron chi connectivity index (χ4n) is 4.22. The molecule has 1 fully saturated rings. The van der Waals surface area contributed by atoms with Gasteiger partial charge < -0.3 is 19.7 Å². The molecule has 3 rings (SSSR count). The van der Waals surface area contributed by atoms with Gasteiger partial charge in [0.2, 0.25) is 5.91 Å². The van der Waals surface area contributed by atoms with E-state index in [1.807, 2.05) is 42.5 Å². The molecule has 0 aliphatic heterocycles. The molecule has 0 radical (unpaired) electrons. The van der Waals surface area contributed by atoms with Crippen molar-refractivity contribution in [3.05, 3.63) is 58.1 Å². The fraction of sp³-hybridized carbons (Fsp3) is 0.481. The molecule has 0 unspecified atom stereocenters. The molecule has 0 saturated heterocycles. The number of ether oxygens (including phenoxy) is 2. The number of halogens is 1. The van der Waals surface area contributed by atoms with Crippen LogP contribution in [0.4, 0.5) is 0 Å². The van der Waals surface area contributed by atoms with E-state index in [-0.39, 0.29) is 31.0 Å². The van der Waals surface area contributed by atoms with E-state index in [0.717, 1.165) is 42.1 Å². The highest BCUT2D eigenvalue weighted by Gasteiger charge is 2.28. The molecule has 0 spiro atoms. The first kappa shape index (κ1) is 26.1. The molecule has 7 heteroatoms. The van der Waals surface area contributed by atoms with Crippen molar-refractivity contribution in [3.8, 4) is 11.5 Å². The lowest BCUT2D eigenvalue weighted by molar-refractivity contribution is -0.142. The molecule has 184 valence electrons. The molecule has 34 heavy (non-hydrogen) atoms. The number of carbonyl (C=O) groups excluding carboxylic acids is 2. The summed E-state index contributed by atoms with van der Waals surface area (Å²) in [7, 11) is 1.61. The van der Waals surface area contributed by atoms with Crippen LogP contribution >= 0.6 is 15.9 Å². The van der Waals surface area contributed by atoms with Crippen molar-refractivity contribution in [1.82, 2.24) is 10.2 Å². The summed E-state index contributed by atoms with van der Waals surface area (Å²) in [6.45, 7) is 3.99. The van der Waals surface area contributed by atoms with Crippen LogP contribution in [0.25, 0.3) is 0 Å². The second-order valence-corrected chi connectivity index (χ2v) is 9.65. The molecule has 1 aliphatic carbocycles. The van der Waals surface area contributed by atoms with E-state index in [4.69, 9.17) is 9.47 Å². The molecule has 0 aromatic heterocycles. The van der Waals surface area contributed by atoms with Crippen molar-refractivity contribution >= 4 is 27.7 Å². The Morgan fingerprint density at radius 3 is 2.56 bits per heavy atom. The van der Waals surface area contributed by atoms with Gasteiger partial charge in [-0.05, 0) is 77.5 Å².